The van der Waals surface area contributed by atoms with Gasteiger partial charge in [-0.2, -0.15) is 13.2 Å². The third-order valence-electron chi connectivity index (χ3n) is 2.68. The van der Waals surface area contributed by atoms with Gasteiger partial charge in [0, 0.05) is 11.1 Å². The van der Waals surface area contributed by atoms with E-state index in [1.165, 1.54) is 24.3 Å². The number of benzene rings is 2. The molecule has 0 atom stereocenters. The Morgan fingerprint density at radius 2 is 1.45 bits per heavy atom. The van der Waals surface area contributed by atoms with Crippen molar-refractivity contribution < 1.29 is 28.2 Å². The molecule has 2 rings (SSSR count). The van der Waals surface area contributed by atoms with Crippen molar-refractivity contribution in [1.29, 1.82) is 0 Å². The van der Waals surface area contributed by atoms with Crippen molar-refractivity contribution in [3.63, 3.8) is 0 Å². The molecule has 0 spiro atoms. The molecule has 20 heavy (non-hydrogen) atoms. The van der Waals surface area contributed by atoms with Crippen LogP contribution in [-0.2, 0) is 6.18 Å². The van der Waals surface area contributed by atoms with Crippen LogP contribution in [0.15, 0.2) is 42.5 Å². The average Bonchev–Trinajstić information content (AvgIpc) is 2.38. The zero-order chi connectivity index (χ0) is 14.9. The van der Waals surface area contributed by atoms with Gasteiger partial charge in [0.05, 0.1) is 5.56 Å². The van der Waals surface area contributed by atoms with E-state index in [2.05, 4.69) is 0 Å². The second kappa shape index (κ2) is 4.88. The molecule has 3 nitrogen and oxygen atoms in total. The fourth-order valence-electron chi connectivity index (χ4n) is 1.73. The molecule has 0 radical (unpaired) electrons. The summed E-state index contributed by atoms with van der Waals surface area (Å²) in [7, 11) is 0. The second-order valence-corrected chi connectivity index (χ2v) is 4.10. The van der Waals surface area contributed by atoms with E-state index in [-0.39, 0.29) is 11.3 Å². The first-order valence-electron chi connectivity index (χ1n) is 5.53. The predicted molar refractivity (Wildman–Crippen MR) is 64.6 cm³/mol. The Balaban J connectivity index is 2.52. The van der Waals surface area contributed by atoms with E-state index in [1.807, 2.05) is 0 Å². The minimum atomic E-state index is -4.75. The van der Waals surface area contributed by atoms with Crippen LogP contribution >= 0.6 is 0 Å². The van der Waals surface area contributed by atoms with Crippen LogP contribution in [0, 0.1) is 0 Å². The molecule has 2 aromatic rings. The zero-order valence-corrected chi connectivity index (χ0v) is 9.98. The summed E-state index contributed by atoms with van der Waals surface area (Å²) in [4.78, 5) is 12.1. The standard InChI is InChI=1S/C14H9F3O3/c15-14(16,17)12-7-10(19)5-6-11(12)13(20)8-1-3-9(18)4-2-8/h1-7,18-19H. The Hall–Kier alpha value is -2.50. The molecular weight excluding hydrogens is 273 g/mol. The fourth-order valence-corrected chi connectivity index (χ4v) is 1.73. The average molecular weight is 282 g/mol. The number of carbonyl (C=O) groups excluding carboxylic acids is 1. The molecule has 0 heterocycles. The lowest BCUT2D eigenvalue weighted by Gasteiger charge is -2.12. The van der Waals surface area contributed by atoms with Gasteiger partial charge in [-0.15, -0.1) is 0 Å². The summed E-state index contributed by atoms with van der Waals surface area (Å²) in [6.07, 6.45) is -4.75. The van der Waals surface area contributed by atoms with Crippen molar-refractivity contribution in [3.05, 3.63) is 59.2 Å². The summed E-state index contributed by atoms with van der Waals surface area (Å²) >= 11 is 0. The first kappa shape index (κ1) is 13.9. The van der Waals surface area contributed by atoms with Crippen molar-refractivity contribution >= 4 is 5.78 Å². The smallest absolute Gasteiger partial charge is 0.417 e. The number of phenolic OH excluding ortho intramolecular Hbond substituents is 2. The van der Waals surface area contributed by atoms with Gasteiger partial charge in [0.25, 0.3) is 0 Å². The molecule has 0 aliphatic rings. The SMILES string of the molecule is O=C(c1ccc(O)cc1)c1ccc(O)cc1C(F)(F)F. The third-order valence-corrected chi connectivity index (χ3v) is 2.68. The maximum atomic E-state index is 12.9. The van der Waals surface area contributed by atoms with Gasteiger partial charge in [0.15, 0.2) is 5.78 Å². The van der Waals surface area contributed by atoms with E-state index in [0.717, 1.165) is 12.1 Å². The highest BCUT2D eigenvalue weighted by atomic mass is 19.4. The van der Waals surface area contributed by atoms with Crippen LogP contribution in [0.1, 0.15) is 21.5 Å². The first-order chi connectivity index (χ1) is 9.29. The first-order valence-corrected chi connectivity index (χ1v) is 5.53. The van der Waals surface area contributed by atoms with Crippen LogP contribution in [0.5, 0.6) is 11.5 Å². The number of ketones is 1. The summed E-state index contributed by atoms with van der Waals surface area (Å²) in [5, 5.41) is 18.3. The minimum Gasteiger partial charge on any atom is -0.508 e. The molecule has 2 aromatic carbocycles. The van der Waals surface area contributed by atoms with Crippen molar-refractivity contribution in [1.82, 2.24) is 0 Å². The van der Waals surface area contributed by atoms with Crippen LogP contribution in [0.3, 0.4) is 0 Å². The Bertz CT molecular complexity index is 646. The van der Waals surface area contributed by atoms with Gasteiger partial charge in [-0.3, -0.25) is 4.79 Å². The van der Waals surface area contributed by atoms with Gasteiger partial charge in [-0.05, 0) is 42.5 Å². The fraction of sp³-hybridized carbons (Fsp3) is 0.0714. The number of halogens is 3. The number of hydrogen-bond donors (Lipinski definition) is 2. The molecular formula is C14H9F3O3. The van der Waals surface area contributed by atoms with Crippen molar-refractivity contribution in [2.75, 3.05) is 0 Å². The van der Waals surface area contributed by atoms with Crippen molar-refractivity contribution in [2.45, 2.75) is 6.18 Å². The molecule has 0 bridgehead atoms. The number of rotatable bonds is 2. The minimum absolute atomic E-state index is 0.0130. The topological polar surface area (TPSA) is 57.5 Å². The maximum absolute atomic E-state index is 12.9. The van der Waals surface area contributed by atoms with Gasteiger partial charge in [-0.25, -0.2) is 0 Å². The van der Waals surface area contributed by atoms with Gasteiger partial charge < -0.3 is 10.2 Å². The summed E-state index contributed by atoms with van der Waals surface area (Å²) in [5.41, 5.74) is -1.74. The Kier molecular flexibility index (Phi) is 3.40. The van der Waals surface area contributed by atoms with E-state index in [0.29, 0.717) is 6.07 Å². The van der Waals surface area contributed by atoms with Gasteiger partial charge in [-0.1, -0.05) is 0 Å². The monoisotopic (exact) mass is 282 g/mol. The zero-order valence-electron chi connectivity index (χ0n) is 9.98. The van der Waals surface area contributed by atoms with Gasteiger partial charge in [0.2, 0.25) is 0 Å². The lowest BCUT2D eigenvalue weighted by atomic mass is 9.97. The molecule has 0 saturated heterocycles. The maximum Gasteiger partial charge on any atom is 0.417 e. The highest BCUT2D eigenvalue weighted by Gasteiger charge is 2.35. The predicted octanol–water partition coefficient (Wildman–Crippen LogP) is 3.35. The molecule has 104 valence electrons. The lowest BCUT2D eigenvalue weighted by Crippen LogP contribution is -2.13. The lowest BCUT2D eigenvalue weighted by molar-refractivity contribution is -0.138. The van der Waals surface area contributed by atoms with E-state index >= 15 is 0 Å². The Labute approximate surface area is 111 Å². The Morgan fingerprint density at radius 3 is 2.00 bits per heavy atom. The number of phenols is 2. The van der Waals surface area contributed by atoms with E-state index < -0.39 is 28.8 Å². The highest BCUT2D eigenvalue weighted by molar-refractivity contribution is 6.10. The van der Waals surface area contributed by atoms with Crippen molar-refractivity contribution in [2.24, 2.45) is 0 Å². The van der Waals surface area contributed by atoms with Crippen LogP contribution in [0.25, 0.3) is 0 Å². The van der Waals surface area contributed by atoms with E-state index in [4.69, 9.17) is 10.2 Å². The summed E-state index contributed by atoms with van der Waals surface area (Å²) in [6, 6.07) is 7.32. The van der Waals surface area contributed by atoms with Gasteiger partial charge in [0.1, 0.15) is 11.5 Å². The second-order valence-electron chi connectivity index (χ2n) is 4.10. The molecule has 2 N–H and O–H groups in total. The third kappa shape index (κ3) is 2.74. The highest BCUT2D eigenvalue weighted by Crippen LogP contribution is 2.35. The number of hydrogen-bond acceptors (Lipinski definition) is 3. The summed E-state index contributed by atoms with van der Waals surface area (Å²) in [5.74, 6) is -1.50. The molecule has 0 fully saturated rings. The van der Waals surface area contributed by atoms with Crippen LogP contribution in [0.2, 0.25) is 0 Å². The summed E-state index contributed by atoms with van der Waals surface area (Å²) in [6.45, 7) is 0. The largest absolute Gasteiger partial charge is 0.508 e. The molecule has 0 aliphatic heterocycles. The Morgan fingerprint density at radius 1 is 0.900 bits per heavy atom. The number of aromatic hydroxyl groups is 2. The van der Waals surface area contributed by atoms with Crippen LogP contribution in [-0.4, -0.2) is 16.0 Å². The number of carbonyl (C=O) groups is 1. The van der Waals surface area contributed by atoms with Crippen LogP contribution < -0.4 is 0 Å². The van der Waals surface area contributed by atoms with E-state index in [9.17, 15) is 18.0 Å². The van der Waals surface area contributed by atoms with Crippen molar-refractivity contribution in [3.8, 4) is 11.5 Å². The molecule has 0 saturated carbocycles. The molecule has 6 heteroatoms. The quantitative estimate of drug-likeness (QED) is 0.830. The summed E-state index contributed by atoms with van der Waals surface area (Å²) < 4.78 is 38.6. The van der Waals surface area contributed by atoms with Gasteiger partial charge >= 0.3 is 6.18 Å². The van der Waals surface area contributed by atoms with Crippen LogP contribution in [0.4, 0.5) is 13.2 Å². The molecule has 0 aromatic heterocycles. The normalized spacial score (nSPS) is 11.3. The molecule has 0 aliphatic carbocycles. The number of alkyl halides is 3. The van der Waals surface area contributed by atoms with E-state index in [1.54, 1.807) is 0 Å². The molecule has 0 amide bonds. The molecule has 0 unspecified atom stereocenters.